The number of nitrogens with one attached hydrogen (secondary N) is 3. The lowest BCUT2D eigenvalue weighted by atomic mass is 10.0. The Morgan fingerprint density at radius 3 is 2.57 bits per heavy atom. The second-order valence-electron chi connectivity index (χ2n) is 7.52. The maximum absolute atomic E-state index is 13.1. The average Bonchev–Trinajstić information content (AvgIpc) is 3.38. The first-order chi connectivity index (χ1) is 14.3. The summed E-state index contributed by atoms with van der Waals surface area (Å²) < 4.78 is 51.1. The summed E-state index contributed by atoms with van der Waals surface area (Å²) >= 11 is 0. The van der Waals surface area contributed by atoms with Crippen molar-refractivity contribution in [3.8, 4) is 0 Å². The molecular weight excluding hydrogens is 402 g/mol. The van der Waals surface area contributed by atoms with Crippen molar-refractivity contribution in [2.75, 3.05) is 18.0 Å². The van der Waals surface area contributed by atoms with Gasteiger partial charge in [0, 0.05) is 31.4 Å². The molecule has 0 radical (unpaired) electrons. The molecule has 6 nitrogen and oxygen atoms in total. The number of anilines is 1. The fourth-order valence-corrected chi connectivity index (χ4v) is 3.77. The van der Waals surface area contributed by atoms with E-state index in [2.05, 4.69) is 21.2 Å². The molecule has 0 spiro atoms. The zero-order valence-electron chi connectivity index (χ0n) is 15.9. The van der Waals surface area contributed by atoms with Crippen LogP contribution in [0.1, 0.15) is 30.0 Å². The Bertz CT molecular complexity index is 888. The quantitative estimate of drug-likeness (QED) is 0.660. The highest BCUT2D eigenvalue weighted by Crippen LogP contribution is 2.30. The van der Waals surface area contributed by atoms with Gasteiger partial charge in [0.05, 0.1) is 5.56 Å². The smallest absolute Gasteiger partial charge is 0.354 e. The summed E-state index contributed by atoms with van der Waals surface area (Å²) in [6, 6.07) is 7.84. The Hall–Kier alpha value is -2.72. The fourth-order valence-electron chi connectivity index (χ4n) is 3.77. The predicted octanol–water partition coefficient (Wildman–Crippen LogP) is 2.54. The van der Waals surface area contributed by atoms with E-state index in [1.54, 1.807) is 12.1 Å². The molecule has 2 aliphatic heterocycles. The number of amides is 1. The second-order valence-corrected chi connectivity index (χ2v) is 7.52. The van der Waals surface area contributed by atoms with Crippen LogP contribution in [0.4, 0.5) is 23.4 Å². The van der Waals surface area contributed by atoms with E-state index in [0.717, 1.165) is 17.8 Å². The SMILES string of the molecule is O=C(NC1CCN(c2ccc(C(F)(F)F)cn2)C1)C1CC(c2ccc(F)cc2)NN1. The molecule has 3 unspecified atom stereocenters. The number of alkyl halides is 3. The van der Waals surface area contributed by atoms with Crippen LogP contribution in [-0.2, 0) is 11.0 Å². The zero-order chi connectivity index (χ0) is 21.3. The molecule has 0 saturated carbocycles. The highest BCUT2D eigenvalue weighted by atomic mass is 19.4. The Morgan fingerprint density at radius 1 is 1.13 bits per heavy atom. The van der Waals surface area contributed by atoms with E-state index in [9.17, 15) is 22.4 Å². The minimum absolute atomic E-state index is 0.0993. The van der Waals surface area contributed by atoms with Crippen LogP contribution in [0.3, 0.4) is 0 Å². The summed E-state index contributed by atoms with van der Waals surface area (Å²) in [4.78, 5) is 18.4. The Kier molecular flexibility index (Phi) is 5.61. The van der Waals surface area contributed by atoms with Gasteiger partial charge in [-0.25, -0.2) is 20.2 Å². The molecule has 2 aliphatic rings. The van der Waals surface area contributed by atoms with Gasteiger partial charge in [-0.05, 0) is 42.7 Å². The van der Waals surface area contributed by atoms with Crippen molar-refractivity contribution in [2.45, 2.75) is 37.1 Å². The van der Waals surface area contributed by atoms with E-state index < -0.39 is 17.8 Å². The number of hydrogen-bond donors (Lipinski definition) is 3. The van der Waals surface area contributed by atoms with Gasteiger partial charge in [0.2, 0.25) is 5.91 Å². The number of benzene rings is 1. The summed E-state index contributed by atoms with van der Waals surface area (Å²) in [5.41, 5.74) is 6.13. The van der Waals surface area contributed by atoms with Crippen molar-refractivity contribution in [3.05, 3.63) is 59.5 Å². The number of hydrazine groups is 1. The van der Waals surface area contributed by atoms with Crippen LogP contribution in [0.2, 0.25) is 0 Å². The summed E-state index contributed by atoms with van der Waals surface area (Å²) in [5.74, 6) is -0.0107. The van der Waals surface area contributed by atoms with Crippen molar-refractivity contribution in [3.63, 3.8) is 0 Å². The lowest BCUT2D eigenvalue weighted by molar-refractivity contribution is -0.137. The molecular formula is C20H21F4N5O. The van der Waals surface area contributed by atoms with Crippen LogP contribution < -0.4 is 21.1 Å². The number of hydrogen-bond acceptors (Lipinski definition) is 5. The number of pyridine rings is 1. The first kappa shape index (κ1) is 20.5. The molecule has 2 fully saturated rings. The summed E-state index contributed by atoms with van der Waals surface area (Å²) in [7, 11) is 0. The number of carbonyl (C=O) groups is 1. The molecule has 2 aromatic rings. The van der Waals surface area contributed by atoms with Gasteiger partial charge < -0.3 is 10.2 Å². The molecule has 0 aliphatic carbocycles. The largest absolute Gasteiger partial charge is 0.417 e. The van der Waals surface area contributed by atoms with Gasteiger partial charge in [-0.2, -0.15) is 13.2 Å². The molecule has 3 heterocycles. The molecule has 10 heteroatoms. The third-order valence-corrected chi connectivity index (χ3v) is 5.43. The monoisotopic (exact) mass is 423 g/mol. The van der Waals surface area contributed by atoms with Gasteiger partial charge in [-0.3, -0.25) is 4.79 Å². The van der Waals surface area contributed by atoms with E-state index in [-0.39, 0.29) is 23.8 Å². The van der Waals surface area contributed by atoms with Gasteiger partial charge >= 0.3 is 6.18 Å². The molecule has 1 amide bonds. The molecule has 0 bridgehead atoms. The van der Waals surface area contributed by atoms with Crippen LogP contribution in [0.25, 0.3) is 0 Å². The Labute approximate surface area is 170 Å². The van der Waals surface area contributed by atoms with E-state index in [1.807, 2.05) is 4.90 Å². The maximum Gasteiger partial charge on any atom is 0.417 e. The van der Waals surface area contributed by atoms with Crippen LogP contribution in [-0.4, -0.2) is 36.1 Å². The minimum atomic E-state index is -4.42. The lowest BCUT2D eigenvalue weighted by Gasteiger charge is -2.19. The fraction of sp³-hybridized carbons (Fsp3) is 0.400. The van der Waals surface area contributed by atoms with Crippen molar-refractivity contribution in [1.82, 2.24) is 21.2 Å². The normalized spacial score (nSPS) is 24.3. The number of halogens is 4. The molecule has 3 N–H and O–H groups in total. The number of aromatic nitrogens is 1. The van der Waals surface area contributed by atoms with E-state index >= 15 is 0 Å². The van der Waals surface area contributed by atoms with Gasteiger partial charge in [0.25, 0.3) is 0 Å². The molecule has 4 rings (SSSR count). The zero-order valence-corrected chi connectivity index (χ0v) is 15.9. The molecule has 1 aromatic carbocycles. The first-order valence-corrected chi connectivity index (χ1v) is 9.65. The van der Waals surface area contributed by atoms with Crippen molar-refractivity contribution in [2.24, 2.45) is 0 Å². The number of carbonyl (C=O) groups excluding carboxylic acids is 1. The minimum Gasteiger partial charge on any atom is -0.354 e. The molecule has 3 atom stereocenters. The van der Waals surface area contributed by atoms with Crippen molar-refractivity contribution >= 4 is 11.7 Å². The lowest BCUT2D eigenvalue weighted by Crippen LogP contribution is -2.47. The topological polar surface area (TPSA) is 69.3 Å². The van der Waals surface area contributed by atoms with Crippen LogP contribution >= 0.6 is 0 Å². The van der Waals surface area contributed by atoms with Gasteiger partial charge in [0.1, 0.15) is 17.7 Å². The second kappa shape index (κ2) is 8.19. The van der Waals surface area contributed by atoms with E-state index in [0.29, 0.717) is 31.7 Å². The third-order valence-electron chi connectivity index (χ3n) is 5.43. The van der Waals surface area contributed by atoms with Crippen LogP contribution in [0.5, 0.6) is 0 Å². The first-order valence-electron chi connectivity index (χ1n) is 9.65. The molecule has 30 heavy (non-hydrogen) atoms. The van der Waals surface area contributed by atoms with E-state index in [1.165, 1.54) is 18.2 Å². The standard InChI is InChI=1S/C20H21F4N5O/c21-14-4-1-12(2-5-14)16-9-17(28-27-16)19(30)26-15-7-8-29(11-15)18-6-3-13(10-25-18)20(22,23)24/h1-6,10,15-17,27-28H,7-9,11H2,(H,26,30). The average molecular weight is 423 g/mol. The highest BCUT2D eigenvalue weighted by Gasteiger charge is 2.34. The Balaban J connectivity index is 1.29. The number of rotatable bonds is 4. The number of nitrogens with zero attached hydrogens (tertiary/aromatic N) is 2. The van der Waals surface area contributed by atoms with Gasteiger partial charge in [-0.1, -0.05) is 12.1 Å². The molecule has 2 saturated heterocycles. The third kappa shape index (κ3) is 4.54. The Morgan fingerprint density at radius 2 is 1.90 bits per heavy atom. The summed E-state index contributed by atoms with van der Waals surface area (Å²) in [6.45, 7) is 1.07. The molecule has 160 valence electrons. The van der Waals surface area contributed by atoms with Crippen molar-refractivity contribution < 1.29 is 22.4 Å². The molecule has 1 aromatic heterocycles. The van der Waals surface area contributed by atoms with Gasteiger partial charge in [0.15, 0.2) is 0 Å². The summed E-state index contributed by atoms with van der Waals surface area (Å²) in [5, 5.41) is 2.99. The van der Waals surface area contributed by atoms with E-state index in [4.69, 9.17) is 0 Å². The highest BCUT2D eigenvalue weighted by molar-refractivity contribution is 5.82. The summed E-state index contributed by atoms with van der Waals surface area (Å²) in [6.07, 6.45) is -2.39. The maximum atomic E-state index is 13.1. The van der Waals surface area contributed by atoms with Gasteiger partial charge in [-0.15, -0.1) is 0 Å². The van der Waals surface area contributed by atoms with Crippen LogP contribution in [0.15, 0.2) is 42.6 Å². The predicted molar refractivity (Wildman–Crippen MR) is 102 cm³/mol. The van der Waals surface area contributed by atoms with Crippen LogP contribution in [0, 0.1) is 5.82 Å². The van der Waals surface area contributed by atoms with Crippen molar-refractivity contribution in [1.29, 1.82) is 0 Å².